The van der Waals surface area contributed by atoms with Crippen molar-refractivity contribution in [1.82, 2.24) is 10.2 Å². The molecule has 1 fully saturated rings. The van der Waals surface area contributed by atoms with Crippen LogP contribution in [0.4, 0.5) is 0 Å². The first-order chi connectivity index (χ1) is 10.1. The second kappa shape index (κ2) is 11.4. The minimum atomic E-state index is -0.391. The zero-order chi connectivity index (χ0) is 15.5. The third-order valence-electron chi connectivity index (χ3n) is 4.21. The van der Waals surface area contributed by atoms with E-state index in [0.29, 0.717) is 19.2 Å². The van der Waals surface area contributed by atoms with Crippen LogP contribution in [-0.2, 0) is 4.74 Å². The van der Waals surface area contributed by atoms with Crippen molar-refractivity contribution in [2.75, 3.05) is 39.4 Å². The van der Waals surface area contributed by atoms with Crippen molar-refractivity contribution in [2.45, 2.75) is 65.0 Å². The lowest BCUT2D eigenvalue weighted by Gasteiger charge is -2.32. The van der Waals surface area contributed by atoms with Gasteiger partial charge in [-0.05, 0) is 51.6 Å². The molecule has 4 heteroatoms. The number of piperidine rings is 1. The van der Waals surface area contributed by atoms with E-state index in [0.717, 1.165) is 25.5 Å². The summed E-state index contributed by atoms with van der Waals surface area (Å²) in [4.78, 5) is 2.55. The zero-order valence-corrected chi connectivity index (χ0v) is 14.3. The first-order valence-electron chi connectivity index (χ1n) is 8.80. The van der Waals surface area contributed by atoms with Crippen LogP contribution >= 0.6 is 0 Å². The molecule has 2 unspecified atom stereocenters. The molecule has 0 saturated carbocycles. The van der Waals surface area contributed by atoms with E-state index in [1.165, 1.54) is 38.8 Å². The largest absolute Gasteiger partial charge is 0.389 e. The molecule has 1 aliphatic heterocycles. The van der Waals surface area contributed by atoms with Gasteiger partial charge in [-0.3, -0.25) is 4.90 Å². The van der Waals surface area contributed by atoms with Gasteiger partial charge in [0.05, 0.1) is 12.7 Å². The molecular weight excluding hydrogens is 264 g/mol. The molecule has 0 radical (unpaired) electrons. The Bertz CT molecular complexity index is 243. The normalized spacial score (nSPS) is 19.9. The Kier molecular flexibility index (Phi) is 10.3. The maximum Gasteiger partial charge on any atom is 0.0897 e. The number of rotatable bonds is 11. The molecule has 2 atom stereocenters. The maximum atomic E-state index is 9.88. The van der Waals surface area contributed by atoms with Crippen LogP contribution in [0.5, 0.6) is 0 Å². The quantitative estimate of drug-likeness (QED) is 0.575. The summed E-state index contributed by atoms with van der Waals surface area (Å²) in [5.74, 6) is 0.733. The number of hydrogen-bond acceptors (Lipinski definition) is 4. The van der Waals surface area contributed by atoms with E-state index in [4.69, 9.17) is 4.74 Å². The molecule has 0 aromatic heterocycles. The average molecular weight is 300 g/mol. The van der Waals surface area contributed by atoms with Crippen molar-refractivity contribution < 1.29 is 9.84 Å². The lowest BCUT2D eigenvalue weighted by Crippen LogP contribution is -2.44. The van der Waals surface area contributed by atoms with Gasteiger partial charge in [0.25, 0.3) is 0 Å². The van der Waals surface area contributed by atoms with E-state index < -0.39 is 6.10 Å². The van der Waals surface area contributed by atoms with Crippen LogP contribution in [0.25, 0.3) is 0 Å². The van der Waals surface area contributed by atoms with Gasteiger partial charge in [-0.15, -0.1) is 0 Å². The summed E-state index contributed by atoms with van der Waals surface area (Å²) in [6.45, 7) is 12.0. The second-order valence-corrected chi connectivity index (χ2v) is 6.87. The number of nitrogens with one attached hydrogen (secondary N) is 1. The lowest BCUT2D eigenvalue weighted by molar-refractivity contribution is 0.0338. The average Bonchev–Trinajstić information content (AvgIpc) is 2.47. The van der Waals surface area contributed by atoms with E-state index in [-0.39, 0.29) is 0 Å². The van der Waals surface area contributed by atoms with Gasteiger partial charge in [0.15, 0.2) is 0 Å². The maximum absolute atomic E-state index is 9.88. The molecule has 0 aliphatic carbocycles. The van der Waals surface area contributed by atoms with Crippen molar-refractivity contribution in [1.29, 1.82) is 0 Å². The lowest BCUT2D eigenvalue weighted by atomic mass is 10.1. The highest BCUT2D eigenvalue weighted by molar-refractivity contribution is 4.73. The van der Waals surface area contributed by atoms with Crippen LogP contribution in [-0.4, -0.2) is 61.5 Å². The number of nitrogens with zero attached hydrogens (tertiary/aromatic N) is 1. The zero-order valence-electron chi connectivity index (χ0n) is 14.3. The van der Waals surface area contributed by atoms with Gasteiger partial charge < -0.3 is 15.2 Å². The third kappa shape index (κ3) is 9.46. The van der Waals surface area contributed by atoms with Crippen LogP contribution < -0.4 is 5.32 Å². The van der Waals surface area contributed by atoms with Gasteiger partial charge in [0.2, 0.25) is 0 Å². The molecule has 21 heavy (non-hydrogen) atoms. The summed E-state index contributed by atoms with van der Waals surface area (Å²) in [7, 11) is 0. The van der Waals surface area contributed by atoms with Crippen molar-refractivity contribution in [3.05, 3.63) is 0 Å². The first-order valence-corrected chi connectivity index (χ1v) is 8.80. The predicted octanol–water partition coefficient (Wildman–Crippen LogP) is 2.26. The molecule has 2 N–H and O–H groups in total. The molecule has 126 valence electrons. The van der Waals surface area contributed by atoms with Crippen LogP contribution in [0, 0.1) is 5.92 Å². The molecule has 0 amide bonds. The van der Waals surface area contributed by atoms with E-state index in [1.54, 1.807) is 0 Å². The number of hydrogen-bond donors (Lipinski definition) is 2. The van der Waals surface area contributed by atoms with Gasteiger partial charge >= 0.3 is 0 Å². The fourth-order valence-corrected chi connectivity index (χ4v) is 2.82. The van der Waals surface area contributed by atoms with Gasteiger partial charge in [0.1, 0.15) is 0 Å². The van der Waals surface area contributed by atoms with E-state index in [2.05, 4.69) is 31.0 Å². The summed E-state index contributed by atoms with van der Waals surface area (Å²) in [5, 5.41) is 13.2. The highest BCUT2D eigenvalue weighted by atomic mass is 16.5. The fraction of sp³-hybridized carbons (Fsp3) is 1.00. The van der Waals surface area contributed by atoms with Crippen LogP contribution in [0.1, 0.15) is 52.9 Å². The highest BCUT2D eigenvalue weighted by Crippen LogP contribution is 2.11. The topological polar surface area (TPSA) is 44.7 Å². The molecule has 0 aromatic carbocycles. The Morgan fingerprint density at radius 1 is 1.10 bits per heavy atom. The van der Waals surface area contributed by atoms with Gasteiger partial charge in [-0.25, -0.2) is 0 Å². The Morgan fingerprint density at radius 2 is 1.81 bits per heavy atom. The van der Waals surface area contributed by atoms with Crippen molar-refractivity contribution in [3.63, 3.8) is 0 Å². The molecule has 1 saturated heterocycles. The molecule has 0 spiro atoms. The van der Waals surface area contributed by atoms with Crippen molar-refractivity contribution in [2.24, 2.45) is 5.92 Å². The Morgan fingerprint density at radius 3 is 2.48 bits per heavy atom. The first kappa shape index (κ1) is 18.9. The molecular formula is C17H36N2O2. The molecule has 1 aliphatic rings. The van der Waals surface area contributed by atoms with E-state index in [9.17, 15) is 5.11 Å². The highest BCUT2D eigenvalue weighted by Gasteiger charge is 2.16. The summed E-state index contributed by atoms with van der Waals surface area (Å²) < 4.78 is 5.52. The number of aliphatic hydroxyl groups excluding tert-OH is 1. The molecule has 1 rings (SSSR count). The fourth-order valence-electron chi connectivity index (χ4n) is 2.82. The summed E-state index contributed by atoms with van der Waals surface area (Å²) >= 11 is 0. The van der Waals surface area contributed by atoms with Crippen LogP contribution in [0.15, 0.2) is 0 Å². The van der Waals surface area contributed by atoms with Crippen LogP contribution in [0.2, 0.25) is 0 Å². The minimum Gasteiger partial charge on any atom is -0.389 e. The van der Waals surface area contributed by atoms with E-state index in [1.807, 2.05) is 0 Å². The van der Waals surface area contributed by atoms with Crippen molar-refractivity contribution >= 4 is 0 Å². The number of ether oxygens (including phenoxy) is 1. The molecule has 0 aromatic rings. The van der Waals surface area contributed by atoms with Crippen LogP contribution in [0.3, 0.4) is 0 Å². The van der Waals surface area contributed by atoms with E-state index >= 15 is 0 Å². The van der Waals surface area contributed by atoms with Gasteiger partial charge in [0, 0.05) is 25.7 Å². The molecule has 1 heterocycles. The molecule has 0 bridgehead atoms. The predicted molar refractivity (Wildman–Crippen MR) is 88.7 cm³/mol. The molecule has 4 nitrogen and oxygen atoms in total. The SMILES string of the molecule is CC(C)CCCOCC(O)CNCC(C)N1CCCCC1. The Hall–Kier alpha value is -0.160. The standard InChI is InChI=1S/C17H36N2O2/c1-15(2)8-7-11-21-14-17(20)13-18-12-16(3)19-9-5-4-6-10-19/h15-18,20H,4-14H2,1-3H3. The summed E-state index contributed by atoms with van der Waals surface area (Å²) in [6.07, 6.45) is 5.93. The van der Waals surface area contributed by atoms with Gasteiger partial charge in [-0.2, -0.15) is 0 Å². The monoisotopic (exact) mass is 300 g/mol. The Labute approximate surface area is 131 Å². The van der Waals surface area contributed by atoms with Gasteiger partial charge in [-0.1, -0.05) is 20.3 Å². The smallest absolute Gasteiger partial charge is 0.0897 e. The number of aliphatic hydroxyl groups is 1. The summed E-state index contributed by atoms with van der Waals surface area (Å²) in [5.41, 5.74) is 0. The van der Waals surface area contributed by atoms with Crippen molar-refractivity contribution in [3.8, 4) is 0 Å². The number of likely N-dealkylation sites (tertiary alicyclic amines) is 1. The second-order valence-electron chi connectivity index (χ2n) is 6.87. The third-order valence-corrected chi connectivity index (χ3v) is 4.21. The summed E-state index contributed by atoms with van der Waals surface area (Å²) in [6, 6.07) is 0.560. The minimum absolute atomic E-state index is 0.391. The Balaban J connectivity index is 1.95.